The molecule has 1 aromatic carbocycles. The van der Waals surface area contributed by atoms with Crippen LogP contribution in [0.15, 0.2) is 18.2 Å². The fraction of sp³-hybridized carbons (Fsp3) is 0.467. The number of halogens is 2. The van der Waals surface area contributed by atoms with Crippen molar-refractivity contribution >= 4 is 11.9 Å². The van der Waals surface area contributed by atoms with E-state index in [0.29, 0.717) is 12.8 Å². The van der Waals surface area contributed by atoms with Gasteiger partial charge in [0.15, 0.2) is 11.6 Å². The molecule has 6 heteroatoms. The van der Waals surface area contributed by atoms with Gasteiger partial charge in [-0.15, -0.1) is 0 Å². The van der Waals surface area contributed by atoms with E-state index in [2.05, 4.69) is 5.32 Å². The third-order valence-corrected chi connectivity index (χ3v) is 3.86. The number of amides is 1. The van der Waals surface area contributed by atoms with Crippen molar-refractivity contribution in [2.45, 2.75) is 44.1 Å². The van der Waals surface area contributed by atoms with Crippen molar-refractivity contribution in [1.29, 1.82) is 0 Å². The SMILES string of the molecule is O=C(O)CC1(NC(=O)CCc2cccc(F)c2F)CCC1. The Kier molecular flexibility index (Phi) is 4.55. The van der Waals surface area contributed by atoms with Gasteiger partial charge in [-0.3, -0.25) is 9.59 Å². The number of benzene rings is 1. The summed E-state index contributed by atoms with van der Waals surface area (Å²) in [6, 6.07) is 3.85. The van der Waals surface area contributed by atoms with Crippen LogP contribution in [0, 0.1) is 11.6 Å². The van der Waals surface area contributed by atoms with Crippen molar-refractivity contribution in [3.05, 3.63) is 35.4 Å². The van der Waals surface area contributed by atoms with Crippen molar-refractivity contribution in [1.82, 2.24) is 5.32 Å². The number of rotatable bonds is 6. The number of aliphatic carboxylic acids is 1. The molecule has 0 aliphatic heterocycles. The van der Waals surface area contributed by atoms with Crippen LogP contribution in [0.1, 0.15) is 37.7 Å². The Labute approximate surface area is 121 Å². The molecule has 0 bridgehead atoms. The number of carbonyl (C=O) groups excluding carboxylic acids is 1. The number of carbonyl (C=O) groups is 2. The molecule has 1 aliphatic rings. The smallest absolute Gasteiger partial charge is 0.305 e. The van der Waals surface area contributed by atoms with Gasteiger partial charge >= 0.3 is 5.97 Å². The van der Waals surface area contributed by atoms with Gasteiger partial charge in [-0.05, 0) is 37.3 Å². The van der Waals surface area contributed by atoms with Crippen LogP contribution in [0.3, 0.4) is 0 Å². The zero-order valence-electron chi connectivity index (χ0n) is 11.5. The first-order valence-corrected chi connectivity index (χ1v) is 6.88. The number of nitrogens with one attached hydrogen (secondary N) is 1. The summed E-state index contributed by atoms with van der Waals surface area (Å²) in [5.41, 5.74) is -0.519. The molecular weight excluding hydrogens is 280 g/mol. The van der Waals surface area contributed by atoms with Gasteiger partial charge in [0, 0.05) is 6.42 Å². The Morgan fingerprint density at radius 1 is 1.29 bits per heavy atom. The zero-order valence-corrected chi connectivity index (χ0v) is 11.5. The predicted molar refractivity (Wildman–Crippen MR) is 71.7 cm³/mol. The second-order valence-corrected chi connectivity index (χ2v) is 5.47. The lowest BCUT2D eigenvalue weighted by Gasteiger charge is -2.41. The Morgan fingerprint density at radius 2 is 2.00 bits per heavy atom. The maximum Gasteiger partial charge on any atom is 0.305 e. The van der Waals surface area contributed by atoms with Crippen LogP contribution in [-0.4, -0.2) is 22.5 Å². The topological polar surface area (TPSA) is 66.4 Å². The molecule has 2 rings (SSSR count). The number of aryl methyl sites for hydroxylation is 1. The molecule has 1 amide bonds. The highest BCUT2D eigenvalue weighted by Crippen LogP contribution is 2.35. The molecule has 0 unspecified atom stereocenters. The molecule has 0 saturated heterocycles. The van der Waals surface area contributed by atoms with Crippen molar-refractivity contribution in [2.75, 3.05) is 0 Å². The molecule has 21 heavy (non-hydrogen) atoms. The minimum Gasteiger partial charge on any atom is -0.481 e. The molecule has 0 radical (unpaired) electrons. The molecule has 1 aromatic rings. The van der Waals surface area contributed by atoms with E-state index in [4.69, 9.17) is 5.11 Å². The van der Waals surface area contributed by atoms with E-state index in [1.165, 1.54) is 12.1 Å². The summed E-state index contributed by atoms with van der Waals surface area (Å²) in [6.45, 7) is 0. The zero-order chi connectivity index (χ0) is 15.5. The monoisotopic (exact) mass is 297 g/mol. The molecule has 1 fully saturated rings. The van der Waals surface area contributed by atoms with E-state index < -0.39 is 23.1 Å². The minimum atomic E-state index is -0.953. The second-order valence-electron chi connectivity index (χ2n) is 5.47. The van der Waals surface area contributed by atoms with E-state index in [-0.39, 0.29) is 30.7 Å². The maximum absolute atomic E-state index is 13.5. The summed E-state index contributed by atoms with van der Waals surface area (Å²) < 4.78 is 26.5. The summed E-state index contributed by atoms with van der Waals surface area (Å²) in [7, 11) is 0. The highest BCUT2D eigenvalue weighted by atomic mass is 19.2. The van der Waals surface area contributed by atoms with Crippen molar-refractivity contribution in [3.8, 4) is 0 Å². The summed E-state index contributed by atoms with van der Waals surface area (Å²) in [5, 5.41) is 11.6. The normalized spacial score (nSPS) is 16.1. The fourth-order valence-corrected chi connectivity index (χ4v) is 2.59. The molecule has 114 valence electrons. The van der Waals surface area contributed by atoms with Gasteiger partial charge in [0.2, 0.25) is 5.91 Å². The molecule has 1 aliphatic carbocycles. The van der Waals surface area contributed by atoms with Gasteiger partial charge in [-0.1, -0.05) is 12.1 Å². The standard InChI is InChI=1S/C15H17F2NO3/c16-11-4-1-3-10(14(11)17)5-6-12(19)18-15(7-2-8-15)9-13(20)21/h1,3-4H,2,5-9H2,(H,18,19)(H,20,21). The van der Waals surface area contributed by atoms with Crippen LogP contribution in [0.4, 0.5) is 8.78 Å². The van der Waals surface area contributed by atoms with E-state index in [1.807, 2.05) is 0 Å². The first kappa shape index (κ1) is 15.4. The van der Waals surface area contributed by atoms with Crippen molar-refractivity contribution < 1.29 is 23.5 Å². The van der Waals surface area contributed by atoms with Crippen LogP contribution in [-0.2, 0) is 16.0 Å². The third kappa shape index (κ3) is 3.77. The van der Waals surface area contributed by atoms with Crippen LogP contribution in [0.5, 0.6) is 0 Å². The van der Waals surface area contributed by atoms with Crippen molar-refractivity contribution in [2.24, 2.45) is 0 Å². The molecule has 0 aromatic heterocycles. The molecule has 0 spiro atoms. The lowest BCUT2D eigenvalue weighted by atomic mass is 9.74. The average molecular weight is 297 g/mol. The molecule has 4 nitrogen and oxygen atoms in total. The van der Waals surface area contributed by atoms with Crippen LogP contribution >= 0.6 is 0 Å². The van der Waals surface area contributed by atoms with E-state index in [9.17, 15) is 18.4 Å². The molecule has 0 atom stereocenters. The predicted octanol–water partition coefficient (Wildman–Crippen LogP) is 2.41. The van der Waals surface area contributed by atoms with Crippen LogP contribution < -0.4 is 5.32 Å². The first-order valence-electron chi connectivity index (χ1n) is 6.88. The number of hydrogen-bond donors (Lipinski definition) is 2. The Bertz CT molecular complexity index is 556. The van der Waals surface area contributed by atoms with Gasteiger partial charge < -0.3 is 10.4 Å². The van der Waals surface area contributed by atoms with Gasteiger partial charge in [0.25, 0.3) is 0 Å². The second kappa shape index (κ2) is 6.20. The summed E-state index contributed by atoms with van der Waals surface area (Å²) in [6.07, 6.45) is 2.14. The van der Waals surface area contributed by atoms with E-state index in [0.717, 1.165) is 12.5 Å². The minimum absolute atomic E-state index is 0.00173. The molecule has 1 saturated carbocycles. The lowest BCUT2D eigenvalue weighted by Crippen LogP contribution is -2.54. The Morgan fingerprint density at radius 3 is 2.57 bits per heavy atom. The first-order chi connectivity index (χ1) is 9.92. The highest BCUT2D eigenvalue weighted by molar-refractivity contribution is 5.78. The molecule has 0 heterocycles. The van der Waals surface area contributed by atoms with Crippen LogP contribution in [0.2, 0.25) is 0 Å². The van der Waals surface area contributed by atoms with Gasteiger partial charge in [0.05, 0.1) is 12.0 Å². The number of hydrogen-bond acceptors (Lipinski definition) is 2. The average Bonchev–Trinajstić information content (AvgIpc) is 2.37. The lowest BCUT2D eigenvalue weighted by molar-refractivity contribution is -0.140. The summed E-state index contributed by atoms with van der Waals surface area (Å²) >= 11 is 0. The van der Waals surface area contributed by atoms with E-state index in [1.54, 1.807) is 0 Å². The quantitative estimate of drug-likeness (QED) is 0.847. The fourth-order valence-electron chi connectivity index (χ4n) is 2.59. The molecular formula is C15H17F2NO3. The van der Waals surface area contributed by atoms with Gasteiger partial charge in [0.1, 0.15) is 0 Å². The van der Waals surface area contributed by atoms with Crippen LogP contribution in [0.25, 0.3) is 0 Å². The third-order valence-electron chi connectivity index (χ3n) is 3.86. The summed E-state index contributed by atoms with van der Waals surface area (Å²) in [4.78, 5) is 22.7. The summed E-state index contributed by atoms with van der Waals surface area (Å²) in [5.74, 6) is -3.16. The number of carboxylic acids is 1. The highest BCUT2D eigenvalue weighted by Gasteiger charge is 2.40. The number of carboxylic acid groups (broad SMARTS) is 1. The Hall–Kier alpha value is -1.98. The Balaban J connectivity index is 1.90. The largest absolute Gasteiger partial charge is 0.481 e. The maximum atomic E-state index is 13.5. The van der Waals surface area contributed by atoms with Crippen molar-refractivity contribution in [3.63, 3.8) is 0 Å². The van der Waals surface area contributed by atoms with Gasteiger partial charge in [-0.2, -0.15) is 0 Å². The molecule has 2 N–H and O–H groups in total. The van der Waals surface area contributed by atoms with E-state index >= 15 is 0 Å². The van der Waals surface area contributed by atoms with Gasteiger partial charge in [-0.25, -0.2) is 8.78 Å².